The lowest BCUT2D eigenvalue weighted by atomic mass is 9.87. The van der Waals surface area contributed by atoms with Crippen LogP contribution in [0.25, 0.3) is 10.2 Å². The van der Waals surface area contributed by atoms with Crippen molar-refractivity contribution < 1.29 is 4.79 Å². The summed E-state index contributed by atoms with van der Waals surface area (Å²) in [5.74, 6) is -0.169. The molecule has 0 bridgehead atoms. The van der Waals surface area contributed by atoms with Crippen molar-refractivity contribution in [2.45, 2.75) is 26.8 Å². The van der Waals surface area contributed by atoms with E-state index in [0.717, 1.165) is 15.9 Å². The molecule has 0 saturated carbocycles. The van der Waals surface area contributed by atoms with E-state index >= 15 is 0 Å². The molecule has 19 heavy (non-hydrogen) atoms. The third kappa shape index (κ3) is 3.65. The van der Waals surface area contributed by atoms with E-state index in [2.05, 4.69) is 10.3 Å². The standard InChI is InChI=1S/C13H17N3OS.ClH/c1-13(2,3)11(14)12(17)16-8-4-5-10-9(6-8)15-7-18-10;/h4-7,11H,14H2,1-3H3,(H,16,17);1H/t11-;/m1./s1. The first-order valence-corrected chi connectivity index (χ1v) is 6.65. The van der Waals surface area contributed by atoms with Crippen molar-refractivity contribution in [3.63, 3.8) is 0 Å². The fourth-order valence-corrected chi connectivity index (χ4v) is 2.21. The van der Waals surface area contributed by atoms with Crippen molar-refractivity contribution >= 4 is 45.6 Å². The number of fused-ring (bicyclic) bond motifs is 1. The molecule has 0 spiro atoms. The second-order valence-electron chi connectivity index (χ2n) is 5.37. The average molecular weight is 300 g/mol. The summed E-state index contributed by atoms with van der Waals surface area (Å²) in [6.45, 7) is 5.84. The predicted molar refractivity (Wildman–Crippen MR) is 82.9 cm³/mol. The van der Waals surface area contributed by atoms with Crippen LogP contribution in [0, 0.1) is 5.41 Å². The highest BCUT2D eigenvalue weighted by Gasteiger charge is 2.27. The van der Waals surface area contributed by atoms with E-state index < -0.39 is 6.04 Å². The van der Waals surface area contributed by atoms with Gasteiger partial charge in [0.15, 0.2) is 0 Å². The molecular weight excluding hydrogens is 282 g/mol. The molecule has 0 radical (unpaired) electrons. The van der Waals surface area contributed by atoms with E-state index in [1.807, 2.05) is 39.0 Å². The zero-order chi connectivity index (χ0) is 13.3. The Morgan fingerprint density at radius 3 is 2.74 bits per heavy atom. The molecule has 2 rings (SSSR count). The molecule has 0 saturated heterocycles. The molecule has 1 amide bonds. The van der Waals surface area contributed by atoms with Gasteiger partial charge >= 0.3 is 0 Å². The second kappa shape index (κ2) is 5.86. The van der Waals surface area contributed by atoms with Crippen LogP contribution < -0.4 is 11.1 Å². The van der Waals surface area contributed by atoms with Crippen molar-refractivity contribution in [2.24, 2.45) is 11.1 Å². The largest absolute Gasteiger partial charge is 0.325 e. The van der Waals surface area contributed by atoms with E-state index in [0.29, 0.717) is 0 Å². The fraction of sp³-hybridized carbons (Fsp3) is 0.385. The zero-order valence-electron chi connectivity index (χ0n) is 11.1. The van der Waals surface area contributed by atoms with Gasteiger partial charge < -0.3 is 11.1 Å². The number of rotatable bonds is 2. The molecule has 1 aromatic heterocycles. The highest BCUT2D eigenvalue weighted by Crippen LogP contribution is 2.23. The Hall–Kier alpha value is -1.17. The van der Waals surface area contributed by atoms with Crippen LogP contribution in [0.5, 0.6) is 0 Å². The Morgan fingerprint density at radius 1 is 1.42 bits per heavy atom. The van der Waals surface area contributed by atoms with Gasteiger partial charge in [-0.15, -0.1) is 23.7 Å². The number of nitrogens with zero attached hydrogens (tertiary/aromatic N) is 1. The minimum atomic E-state index is -0.538. The number of nitrogens with two attached hydrogens (primary N) is 1. The van der Waals surface area contributed by atoms with Gasteiger partial charge in [0.25, 0.3) is 0 Å². The van der Waals surface area contributed by atoms with Gasteiger partial charge in [-0.25, -0.2) is 4.98 Å². The Morgan fingerprint density at radius 2 is 2.11 bits per heavy atom. The number of anilines is 1. The van der Waals surface area contributed by atoms with Gasteiger partial charge in [0, 0.05) is 5.69 Å². The number of halogens is 1. The van der Waals surface area contributed by atoms with Gasteiger partial charge in [-0.1, -0.05) is 20.8 Å². The average Bonchev–Trinajstić information content (AvgIpc) is 2.73. The molecule has 0 aliphatic rings. The summed E-state index contributed by atoms with van der Waals surface area (Å²) in [5.41, 5.74) is 9.07. The normalized spacial score (nSPS) is 12.8. The van der Waals surface area contributed by atoms with Crippen molar-refractivity contribution in [1.29, 1.82) is 0 Å². The van der Waals surface area contributed by atoms with Gasteiger partial charge in [-0.05, 0) is 23.6 Å². The summed E-state index contributed by atoms with van der Waals surface area (Å²) >= 11 is 1.58. The lowest BCUT2D eigenvalue weighted by molar-refractivity contribution is -0.119. The number of nitrogens with one attached hydrogen (secondary N) is 1. The van der Waals surface area contributed by atoms with E-state index in [-0.39, 0.29) is 23.7 Å². The third-order valence-corrected chi connectivity index (χ3v) is 3.62. The molecule has 1 aromatic carbocycles. The first-order chi connectivity index (χ1) is 8.38. The summed E-state index contributed by atoms with van der Waals surface area (Å²) in [5, 5.41) is 2.83. The van der Waals surface area contributed by atoms with Crippen LogP contribution in [0.4, 0.5) is 5.69 Å². The van der Waals surface area contributed by atoms with Crippen molar-refractivity contribution in [3.05, 3.63) is 23.7 Å². The molecule has 0 unspecified atom stereocenters. The molecule has 3 N–H and O–H groups in total. The Bertz CT molecular complexity index is 577. The minimum absolute atomic E-state index is 0. The minimum Gasteiger partial charge on any atom is -0.325 e. The van der Waals surface area contributed by atoms with E-state index in [1.165, 1.54) is 0 Å². The molecular formula is C13H18ClN3OS. The maximum Gasteiger partial charge on any atom is 0.241 e. The van der Waals surface area contributed by atoms with Crippen LogP contribution >= 0.6 is 23.7 Å². The summed E-state index contributed by atoms with van der Waals surface area (Å²) in [4.78, 5) is 16.2. The number of hydrogen-bond donors (Lipinski definition) is 2. The SMILES string of the molecule is CC(C)(C)[C@H](N)C(=O)Nc1ccc2scnc2c1.Cl. The number of benzene rings is 1. The number of hydrogen-bond acceptors (Lipinski definition) is 4. The Kier molecular flexibility index (Phi) is 4.90. The summed E-state index contributed by atoms with van der Waals surface area (Å²) in [7, 11) is 0. The van der Waals surface area contributed by atoms with Gasteiger partial charge in [0.05, 0.1) is 21.8 Å². The van der Waals surface area contributed by atoms with E-state index in [4.69, 9.17) is 5.73 Å². The zero-order valence-corrected chi connectivity index (χ0v) is 12.8. The van der Waals surface area contributed by atoms with Crippen LogP contribution in [0.15, 0.2) is 23.7 Å². The maximum atomic E-state index is 12.0. The second-order valence-corrected chi connectivity index (χ2v) is 6.25. The van der Waals surface area contributed by atoms with Crippen LogP contribution in [-0.4, -0.2) is 16.9 Å². The highest BCUT2D eigenvalue weighted by molar-refractivity contribution is 7.16. The number of carbonyl (C=O) groups excluding carboxylic acids is 1. The highest BCUT2D eigenvalue weighted by atomic mass is 35.5. The van der Waals surface area contributed by atoms with E-state index in [9.17, 15) is 4.79 Å². The van der Waals surface area contributed by atoms with Gasteiger partial charge in [-0.2, -0.15) is 0 Å². The molecule has 1 atom stereocenters. The summed E-state index contributed by atoms with van der Waals surface area (Å²) in [6, 6.07) is 5.14. The first kappa shape index (κ1) is 15.9. The molecule has 104 valence electrons. The Balaban J connectivity index is 0.00000180. The maximum absolute atomic E-state index is 12.0. The van der Waals surface area contributed by atoms with Crippen LogP contribution in [0.1, 0.15) is 20.8 Å². The lowest BCUT2D eigenvalue weighted by Crippen LogP contribution is -2.45. The molecule has 0 fully saturated rings. The molecule has 0 aliphatic heterocycles. The monoisotopic (exact) mass is 299 g/mol. The molecule has 4 nitrogen and oxygen atoms in total. The predicted octanol–water partition coefficient (Wildman–Crippen LogP) is 3.03. The topological polar surface area (TPSA) is 68.0 Å². The van der Waals surface area contributed by atoms with Crippen molar-refractivity contribution in [1.82, 2.24) is 4.98 Å². The quantitative estimate of drug-likeness (QED) is 0.895. The smallest absolute Gasteiger partial charge is 0.241 e. The fourth-order valence-electron chi connectivity index (χ4n) is 1.55. The molecule has 6 heteroatoms. The van der Waals surface area contributed by atoms with Gasteiger partial charge in [-0.3, -0.25) is 4.79 Å². The molecule has 2 aromatic rings. The molecule has 0 aliphatic carbocycles. The summed E-state index contributed by atoms with van der Waals surface area (Å²) in [6.07, 6.45) is 0. The molecule has 1 heterocycles. The van der Waals surface area contributed by atoms with Crippen LogP contribution in [0.2, 0.25) is 0 Å². The van der Waals surface area contributed by atoms with Crippen LogP contribution in [-0.2, 0) is 4.79 Å². The number of aromatic nitrogens is 1. The number of thiazole rings is 1. The summed E-state index contributed by atoms with van der Waals surface area (Å²) < 4.78 is 1.10. The van der Waals surface area contributed by atoms with Crippen molar-refractivity contribution in [2.75, 3.05) is 5.32 Å². The van der Waals surface area contributed by atoms with Gasteiger partial charge in [0.1, 0.15) is 0 Å². The third-order valence-electron chi connectivity index (χ3n) is 2.81. The van der Waals surface area contributed by atoms with Crippen molar-refractivity contribution in [3.8, 4) is 0 Å². The Labute approximate surface area is 122 Å². The number of carbonyl (C=O) groups is 1. The van der Waals surface area contributed by atoms with E-state index in [1.54, 1.807) is 16.8 Å². The van der Waals surface area contributed by atoms with Crippen LogP contribution in [0.3, 0.4) is 0 Å². The van der Waals surface area contributed by atoms with Gasteiger partial charge in [0.2, 0.25) is 5.91 Å². The number of amides is 1. The first-order valence-electron chi connectivity index (χ1n) is 5.77. The lowest BCUT2D eigenvalue weighted by Gasteiger charge is -2.25.